The molecule has 0 saturated carbocycles. The normalized spacial score (nSPS) is 20.5. The summed E-state index contributed by atoms with van der Waals surface area (Å²) in [6, 6.07) is 8.96. The third-order valence-corrected chi connectivity index (χ3v) is 6.66. The van der Waals surface area contributed by atoms with Gasteiger partial charge in [-0.3, -0.25) is 4.90 Å². The van der Waals surface area contributed by atoms with Crippen molar-refractivity contribution in [3.8, 4) is 5.75 Å². The van der Waals surface area contributed by atoms with Crippen LogP contribution in [0.15, 0.2) is 24.3 Å². The van der Waals surface area contributed by atoms with Gasteiger partial charge < -0.3 is 19.1 Å². The van der Waals surface area contributed by atoms with Gasteiger partial charge in [-0.1, -0.05) is 12.1 Å². The van der Waals surface area contributed by atoms with Crippen LogP contribution in [0.2, 0.25) is 0 Å². The lowest BCUT2D eigenvalue weighted by Gasteiger charge is -2.43. The summed E-state index contributed by atoms with van der Waals surface area (Å²) < 4.78 is 16.5. The van der Waals surface area contributed by atoms with Gasteiger partial charge in [0.25, 0.3) is 0 Å². The molecular weight excluding hydrogens is 392 g/mol. The lowest BCUT2D eigenvalue weighted by molar-refractivity contribution is -0.000295. The summed E-state index contributed by atoms with van der Waals surface area (Å²) in [7, 11) is 3.51. The fraction of sp³-hybridized carbons (Fsp3) is 0.720. The maximum atomic E-state index is 12.4. The van der Waals surface area contributed by atoms with Crippen molar-refractivity contribution >= 4 is 6.09 Å². The predicted octanol–water partition coefficient (Wildman–Crippen LogP) is 4.54. The van der Waals surface area contributed by atoms with E-state index in [0.717, 1.165) is 51.4 Å². The van der Waals surface area contributed by atoms with Crippen molar-refractivity contribution in [2.75, 3.05) is 47.0 Å². The number of nitrogens with zero attached hydrogens (tertiary/aromatic N) is 2. The Bertz CT molecular complexity index is 684. The Morgan fingerprint density at radius 2 is 1.61 bits per heavy atom. The van der Waals surface area contributed by atoms with Gasteiger partial charge in [0, 0.05) is 26.2 Å². The lowest BCUT2D eigenvalue weighted by Crippen LogP contribution is -2.51. The van der Waals surface area contributed by atoms with Gasteiger partial charge in [-0.15, -0.1) is 0 Å². The standard InChI is InChI=1S/C25H40N2O4/c1-25(2,3)31-24(28)27-16-12-21(13-17-27)23(18-29-4)26-14-10-20(11-15-26)19-6-8-22(30-5)9-7-19/h6-9,20-21,23H,10-18H2,1-5H3. The third-order valence-electron chi connectivity index (χ3n) is 6.66. The molecule has 3 rings (SSSR count). The van der Waals surface area contributed by atoms with E-state index in [9.17, 15) is 4.79 Å². The quantitative estimate of drug-likeness (QED) is 0.661. The molecule has 2 fully saturated rings. The van der Waals surface area contributed by atoms with Crippen molar-refractivity contribution in [2.24, 2.45) is 5.92 Å². The van der Waals surface area contributed by atoms with Crippen LogP contribution >= 0.6 is 0 Å². The monoisotopic (exact) mass is 432 g/mol. The summed E-state index contributed by atoms with van der Waals surface area (Å²) in [5.41, 5.74) is 0.968. The number of piperidine rings is 2. The molecule has 0 bridgehead atoms. The van der Waals surface area contributed by atoms with Crippen molar-refractivity contribution < 1.29 is 19.0 Å². The van der Waals surface area contributed by atoms with E-state index < -0.39 is 5.60 Å². The molecule has 6 heteroatoms. The number of likely N-dealkylation sites (tertiary alicyclic amines) is 2. The van der Waals surface area contributed by atoms with Gasteiger partial charge in [0.15, 0.2) is 0 Å². The van der Waals surface area contributed by atoms with Crippen LogP contribution in [-0.2, 0) is 9.47 Å². The number of rotatable bonds is 6. The first-order chi connectivity index (χ1) is 14.8. The highest BCUT2D eigenvalue weighted by Crippen LogP contribution is 2.33. The molecule has 31 heavy (non-hydrogen) atoms. The molecule has 174 valence electrons. The van der Waals surface area contributed by atoms with Gasteiger partial charge in [-0.2, -0.15) is 0 Å². The number of hydrogen-bond donors (Lipinski definition) is 0. The number of amides is 1. The van der Waals surface area contributed by atoms with E-state index in [2.05, 4.69) is 29.2 Å². The highest BCUT2D eigenvalue weighted by atomic mass is 16.6. The molecule has 1 amide bonds. The van der Waals surface area contributed by atoms with E-state index in [1.165, 1.54) is 18.4 Å². The number of ether oxygens (including phenoxy) is 3. The average Bonchev–Trinajstić information content (AvgIpc) is 2.77. The summed E-state index contributed by atoms with van der Waals surface area (Å²) in [4.78, 5) is 16.9. The molecule has 1 unspecified atom stereocenters. The first kappa shape index (κ1) is 23.9. The predicted molar refractivity (Wildman–Crippen MR) is 123 cm³/mol. The Morgan fingerprint density at radius 3 is 2.13 bits per heavy atom. The summed E-state index contributed by atoms with van der Waals surface area (Å²) in [5.74, 6) is 2.08. The zero-order chi connectivity index (χ0) is 22.4. The van der Waals surface area contributed by atoms with Gasteiger partial charge in [0.05, 0.1) is 13.7 Å². The zero-order valence-corrected chi connectivity index (χ0v) is 19.9. The fourth-order valence-corrected chi connectivity index (χ4v) is 4.94. The average molecular weight is 433 g/mol. The molecule has 6 nitrogen and oxygen atoms in total. The molecule has 2 aliphatic heterocycles. The molecule has 1 atom stereocenters. The summed E-state index contributed by atoms with van der Waals surface area (Å²) in [6.45, 7) is 10.2. The molecular formula is C25H40N2O4. The molecule has 0 spiro atoms. The maximum absolute atomic E-state index is 12.4. The minimum atomic E-state index is -0.444. The summed E-state index contributed by atoms with van der Waals surface area (Å²) in [6.07, 6.45) is 4.17. The van der Waals surface area contributed by atoms with Gasteiger partial charge in [-0.05, 0) is 89.1 Å². The van der Waals surface area contributed by atoms with Crippen LogP contribution in [0.25, 0.3) is 0 Å². The highest BCUT2D eigenvalue weighted by Gasteiger charge is 2.35. The largest absolute Gasteiger partial charge is 0.497 e. The van der Waals surface area contributed by atoms with Crippen LogP contribution in [0.5, 0.6) is 5.75 Å². The van der Waals surface area contributed by atoms with E-state index in [1.807, 2.05) is 25.7 Å². The van der Waals surface area contributed by atoms with Crippen LogP contribution < -0.4 is 4.74 Å². The topological polar surface area (TPSA) is 51.2 Å². The lowest BCUT2D eigenvalue weighted by atomic mass is 9.85. The van der Waals surface area contributed by atoms with E-state index in [4.69, 9.17) is 14.2 Å². The van der Waals surface area contributed by atoms with E-state index in [-0.39, 0.29) is 6.09 Å². The zero-order valence-electron chi connectivity index (χ0n) is 19.9. The minimum absolute atomic E-state index is 0.186. The molecule has 1 aromatic rings. The Morgan fingerprint density at radius 1 is 1.00 bits per heavy atom. The Hall–Kier alpha value is -1.79. The van der Waals surface area contributed by atoms with Crippen LogP contribution in [-0.4, -0.2) is 74.5 Å². The van der Waals surface area contributed by atoms with Crippen LogP contribution in [0, 0.1) is 5.92 Å². The number of carbonyl (C=O) groups excluding carboxylic acids is 1. The molecule has 2 heterocycles. The molecule has 0 aromatic heterocycles. The van der Waals surface area contributed by atoms with Crippen LogP contribution in [0.3, 0.4) is 0 Å². The number of hydrogen-bond acceptors (Lipinski definition) is 5. The first-order valence-corrected chi connectivity index (χ1v) is 11.7. The van der Waals surface area contributed by atoms with Crippen LogP contribution in [0.1, 0.15) is 57.9 Å². The highest BCUT2D eigenvalue weighted by molar-refractivity contribution is 5.68. The number of carbonyl (C=O) groups is 1. The maximum Gasteiger partial charge on any atom is 0.410 e. The smallest absolute Gasteiger partial charge is 0.410 e. The van der Waals surface area contributed by atoms with Gasteiger partial charge >= 0.3 is 6.09 Å². The van der Waals surface area contributed by atoms with Crippen molar-refractivity contribution in [3.05, 3.63) is 29.8 Å². The second kappa shape index (κ2) is 10.7. The first-order valence-electron chi connectivity index (χ1n) is 11.7. The summed E-state index contributed by atoms with van der Waals surface area (Å²) in [5, 5.41) is 0. The molecule has 1 aromatic carbocycles. The van der Waals surface area contributed by atoms with Gasteiger partial charge in [0.1, 0.15) is 11.4 Å². The van der Waals surface area contributed by atoms with E-state index in [1.54, 1.807) is 14.2 Å². The Balaban J connectivity index is 1.52. The van der Waals surface area contributed by atoms with Crippen molar-refractivity contribution in [3.63, 3.8) is 0 Å². The minimum Gasteiger partial charge on any atom is -0.497 e. The fourth-order valence-electron chi connectivity index (χ4n) is 4.94. The molecule has 0 N–H and O–H groups in total. The van der Waals surface area contributed by atoms with Gasteiger partial charge in [0.2, 0.25) is 0 Å². The number of methoxy groups -OCH3 is 2. The Kier molecular flexibility index (Phi) is 8.23. The number of benzene rings is 1. The van der Waals surface area contributed by atoms with Crippen molar-refractivity contribution in [2.45, 2.75) is 64.0 Å². The molecule has 0 aliphatic carbocycles. The van der Waals surface area contributed by atoms with Crippen molar-refractivity contribution in [1.82, 2.24) is 9.80 Å². The second-order valence-electron chi connectivity index (χ2n) is 9.91. The Labute approximate surface area is 187 Å². The van der Waals surface area contributed by atoms with Crippen molar-refractivity contribution in [1.29, 1.82) is 0 Å². The molecule has 2 aliphatic rings. The third kappa shape index (κ3) is 6.59. The van der Waals surface area contributed by atoms with E-state index in [0.29, 0.717) is 17.9 Å². The molecule has 0 radical (unpaired) electrons. The van der Waals surface area contributed by atoms with E-state index >= 15 is 0 Å². The van der Waals surface area contributed by atoms with Gasteiger partial charge in [-0.25, -0.2) is 4.79 Å². The SMILES string of the molecule is COCC(C1CCN(C(=O)OC(C)(C)C)CC1)N1CCC(c2ccc(OC)cc2)CC1. The summed E-state index contributed by atoms with van der Waals surface area (Å²) >= 11 is 0. The second-order valence-corrected chi connectivity index (χ2v) is 9.91. The van der Waals surface area contributed by atoms with Crippen LogP contribution in [0.4, 0.5) is 4.79 Å². The molecule has 2 saturated heterocycles.